The van der Waals surface area contributed by atoms with Gasteiger partial charge in [-0.1, -0.05) is 0 Å². The van der Waals surface area contributed by atoms with Crippen LogP contribution in [0.25, 0.3) is 0 Å². The Hall–Kier alpha value is -1.03. The van der Waals surface area contributed by atoms with Crippen LogP contribution >= 0.6 is 0 Å². The average molecular weight is 154 g/mol. The van der Waals surface area contributed by atoms with Crippen LogP contribution in [-0.2, 0) is 4.74 Å². The SMILES string of the molecule is O=c1cc(C2CCCO2)[nH][nH]1. The number of rotatable bonds is 1. The number of nitrogens with one attached hydrogen (secondary N) is 2. The third kappa shape index (κ3) is 1.21. The molecule has 0 aliphatic carbocycles. The highest BCUT2D eigenvalue weighted by molar-refractivity contribution is 5.03. The summed E-state index contributed by atoms with van der Waals surface area (Å²) in [5, 5.41) is 5.27. The molecule has 0 aromatic carbocycles. The summed E-state index contributed by atoms with van der Waals surface area (Å²) in [4.78, 5) is 10.7. The molecule has 2 N–H and O–H groups in total. The minimum Gasteiger partial charge on any atom is -0.372 e. The summed E-state index contributed by atoms with van der Waals surface area (Å²) in [5.41, 5.74) is 0.781. The molecule has 0 amide bonds. The molecule has 60 valence electrons. The topological polar surface area (TPSA) is 57.9 Å². The van der Waals surface area contributed by atoms with Crippen molar-refractivity contribution in [3.05, 3.63) is 22.1 Å². The fourth-order valence-corrected chi connectivity index (χ4v) is 1.34. The summed E-state index contributed by atoms with van der Waals surface area (Å²) >= 11 is 0. The van der Waals surface area contributed by atoms with Crippen LogP contribution in [0.15, 0.2) is 10.9 Å². The van der Waals surface area contributed by atoms with Crippen molar-refractivity contribution in [3.8, 4) is 0 Å². The van der Waals surface area contributed by atoms with Crippen molar-refractivity contribution in [2.75, 3.05) is 6.61 Å². The normalized spacial score (nSPS) is 24.2. The van der Waals surface area contributed by atoms with E-state index in [-0.39, 0.29) is 11.7 Å². The largest absolute Gasteiger partial charge is 0.372 e. The number of aromatic nitrogens is 2. The Morgan fingerprint density at radius 3 is 3.00 bits per heavy atom. The molecule has 11 heavy (non-hydrogen) atoms. The van der Waals surface area contributed by atoms with E-state index in [1.165, 1.54) is 0 Å². The van der Waals surface area contributed by atoms with Gasteiger partial charge >= 0.3 is 0 Å². The van der Waals surface area contributed by atoms with Gasteiger partial charge in [-0.2, -0.15) is 0 Å². The molecule has 0 bridgehead atoms. The van der Waals surface area contributed by atoms with Crippen LogP contribution < -0.4 is 5.56 Å². The van der Waals surface area contributed by atoms with E-state index >= 15 is 0 Å². The summed E-state index contributed by atoms with van der Waals surface area (Å²) in [6.45, 7) is 0.803. The van der Waals surface area contributed by atoms with Gasteiger partial charge in [-0.15, -0.1) is 0 Å². The lowest BCUT2D eigenvalue weighted by Gasteiger charge is -2.03. The molecule has 2 rings (SSSR count). The van der Waals surface area contributed by atoms with E-state index in [9.17, 15) is 4.79 Å². The Labute approximate surface area is 63.6 Å². The molecule has 0 spiro atoms. The molecule has 1 aliphatic heterocycles. The molecule has 1 aromatic heterocycles. The highest BCUT2D eigenvalue weighted by Crippen LogP contribution is 2.25. The molecule has 1 atom stereocenters. The molecular weight excluding hydrogens is 144 g/mol. The van der Waals surface area contributed by atoms with E-state index in [1.807, 2.05) is 0 Å². The molecule has 1 aromatic rings. The average Bonchev–Trinajstić information content (AvgIpc) is 2.55. The maximum absolute atomic E-state index is 10.7. The Morgan fingerprint density at radius 1 is 1.55 bits per heavy atom. The number of hydrogen-bond acceptors (Lipinski definition) is 2. The van der Waals surface area contributed by atoms with Gasteiger partial charge in [0.2, 0.25) is 0 Å². The summed E-state index contributed by atoms with van der Waals surface area (Å²) in [7, 11) is 0. The second-order valence-corrected chi connectivity index (χ2v) is 2.72. The molecular formula is C7H10N2O2. The Balaban J connectivity index is 2.21. The first-order chi connectivity index (χ1) is 5.36. The molecule has 1 saturated heterocycles. The number of H-pyrrole nitrogens is 2. The fourth-order valence-electron chi connectivity index (χ4n) is 1.34. The van der Waals surface area contributed by atoms with Crippen LogP contribution in [0.1, 0.15) is 24.6 Å². The Morgan fingerprint density at radius 2 is 2.45 bits per heavy atom. The summed E-state index contributed by atoms with van der Waals surface area (Å²) < 4.78 is 5.36. The van der Waals surface area contributed by atoms with Crippen molar-refractivity contribution in [2.24, 2.45) is 0 Å². The lowest BCUT2D eigenvalue weighted by atomic mass is 10.2. The van der Waals surface area contributed by atoms with Gasteiger partial charge in [0.05, 0.1) is 11.8 Å². The smallest absolute Gasteiger partial charge is 0.264 e. The summed E-state index contributed by atoms with van der Waals surface area (Å²) in [6.07, 6.45) is 2.19. The van der Waals surface area contributed by atoms with Gasteiger partial charge in [0.25, 0.3) is 5.56 Å². The molecule has 4 nitrogen and oxygen atoms in total. The zero-order chi connectivity index (χ0) is 7.68. The van der Waals surface area contributed by atoms with Crippen LogP contribution in [0.3, 0.4) is 0 Å². The Kier molecular flexibility index (Phi) is 1.54. The maximum Gasteiger partial charge on any atom is 0.264 e. The third-order valence-electron chi connectivity index (χ3n) is 1.89. The predicted molar refractivity (Wildman–Crippen MR) is 39.3 cm³/mol. The molecule has 1 aliphatic rings. The maximum atomic E-state index is 10.7. The first kappa shape index (κ1) is 6.67. The predicted octanol–water partition coefficient (Wildman–Crippen LogP) is 0.554. The summed E-state index contributed by atoms with van der Waals surface area (Å²) in [6, 6.07) is 1.55. The molecule has 0 saturated carbocycles. The highest BCUT2D eigenvalue weighted by atomic mass is 16.5. The van der Waals surface area contributed by atoms with Crippen molar-refractivity contribution < 1.29 is 4.74 Å². The van der Waals surface area contributed by atoms with Gasteiger partial charge in [0.15, 0.2) is 0 Å². The van der Waals surface area contributed by atoms with Gasteiger partial charge < -0.3 is 4.74 Å². The number of hydrogen-bond donors (Lipinski definition) is 2. The van der Waals surface area contributed by atoms with E-state index in [4.69, 9.17) is 4.74 Å². The second-order valence-electron chi connectivity index (χ2n) is 2.72. The van der Waals surface area contributed by atoms with E-state index in [0.717, 1.165) is 25.1 Å². The minimum atomic E-state index is -0.0875. The summed E-state index contributed by atoms with van der Waals surface area (Å²) in [5.74, 6) is 0. The number of aromatic amines is 2. The second kappa shape index (κ2) is 2.54. The number of ether oxygens (including phenoxy) is 1. The highest BCUT2D eigenvalue weighted by Gasteiger charge is 2.18. The van der Waals surface area contributed by atoms with E-state index < -0.39 is 0 Å². The molecule has 4 heteroatoms. The minimum absolute atomic E-state index is 0.0875. The van der Waals surface area contributed by atoms with Crippen LogP contribution in [0.2, 0.25) is 0 Å². The van der Waals surface area contributed by atoms with Gasteiger partial charge in [-0.3, -0.25) is 15.0 Å². The van der Waals surface area contributed by atoms with Crippen molar-refractivity contribution in [3.63, 3.8) is 0 Å². The fraction of sp³-hybridized carbons (Fsp3) is 0.571. The molecule has 1 unspecified atom stereocenters. The van der Waals surface area contributed by atoms with Crippen LogP contribution in [0.4, 0.5) is 0 Å². The first-order valence-corrected chi connectivity index (χ1v) is 3.75. The quantitative estimate of drug-likeness (QED) is 0.620. The van der Waals surface area contributed by atoms with E-state index in [2.05, 4.69) is 10.2 Å². The third-order valence-corrected chi connectivity index (χ3v) is 1.89. The molecule has 1 fully saturated rings. The zero-order valence-electron chi connectivity index (χ0n) is 6.09. The first-order valence-electron chi connectivity index (χ1n) is 3.75. The van der Waals surface area contributed by atoms with Gasteiger partial charge in [0, 0.05) is 12.7 Å². The van der Waals surface area contributed by atoms with Crippen molar-refractivity contribution in [1.29, 1.82) is 0 Å². The van der Waals surface area contributed by atoms with Crippen molar-refractivity contribution in [2.45, 2.75) is 18.9 Å². The molecule has 2 heterocycles. The lowest BCUT2D eigenvalue weighted by molar-refractivity contribution is 0.108. The van der Waals surface area contributed by atoms with E-state index in [0.29, 0.717) is 0 Å². The van der Waals surface area contributed by atoms with Crippen molar-refractivity contribution in [1.82, 2.24) is 10.2 Å². The van der Waals surface area contributed by atoms with E-state index in [1.54, 1.807) is 6.07 Å². The van der Waals surface area contributed by atoms with Gasteiger partial charge in [-0.25, -0.2) is 0 Å². The molecule has 0 radical (unpaired) electrons. The monoisotopic (exact) mass is 154 g/mol. The Bertz CT molecular complexity index is 283. The standard InChI is InChI=1S/C7H10N2O2/c10-7-4-5(8-9-7)6-2-1-3-11-6/h4,6H,1-3H2,(H2,8,9,10). The van der Waals surface area contributed by atoms with Gasteiger partial charge in [0.1, 0.15) is 0 Å². The lowest BCUT2D eigenvalue weighted by Crippen LogP contribution is -1.96. The van der Waals surface area contributed by atoms with Crippen LogP contribution in [0, 0.1) is 0 Å². The van der Waals surface area contributed by atoms with Crippen LogP contribution in [-0.4, -0.2) is 16.8 Å². The zero-order valence-corrected chi connectivity index (χ0v) is 6.09. The van der Waals surface area contributed by atoms with Crippen molar-refractivity contribution >= 4 is 0 Å². The van der Waals surface area contributed by atoms with Crippen LogP contribution in [0.5, 0.6) is 0 Å². The van der Waals surface area contributed by atoms with Gasteiger partial charge in [-0.05, 0) is 12.8 Å².